The van der Waals surface area contributed by atoms with Crippen molar-refractivity contribution in [1.82, 2.24) is 15.0 Å². The molecule has 0 radical (unpaired) electrons. The quantitative estimate of drug-likeness (QED) is 0.745. The largest absolute Gasteiger partial charge is 0.397 e. The van der Waals surface area contributed by atoms with Crippen molar-refractivity contribution in [2.75, 3.05) is 11.5 Å². The molecule has 0 saturated carbocycles. The number of nitrogen functional groups attached to an aromatic ring is 2. The molecule has 0 spiro atoms. The molecule has 0 fully saturated rings. The van der Waals surface area contributed by atoms with E-state index in [1.807, 2.05) is 30.7 Å². The molecule has 0 amide bonds. The van der Waals surface area contributed by atoms with Crippen LogP contribution in [0.4, 0.5) is 11.4 Å². The van der Waals surface area contributed by atoms with Gasteiger partial charge in [0.05, 0.1) is 22.8 Å². The Morgan fingerprint density at radius 3 is 2.62 bits per heavy atom. The Bertz CT molecular complexity index is 515. The number of rotatable bonds is 2. The van der Waals surface area contributed by atoms with Gasteiger partial charge in [-0.05, 0) is 26.0 Å². The molecule has 2 rings (SSSR count). The topological polar surface area (TPSA) is 82.8 Å². The number of benzene rings is 1. The van der Waals surface area contributed by atoms with E-state index in [-0.39, 0.29) is 0 Å². The van der Waals surface area contributed by atoms with Crippen LogP contribution in [-0.2, 0) is 6.54 Å². The first-order valence-electron chi connectivity index (χ1n) is 5.19. The zero-order chi connectivity index (χ0) is 11.7. The Morgan fingerprint density at radius 2 is 2.00 bits per heavy atom. The second-order valence-corrected chi connectivity index (χ2v) is 3.68. The van der Waals surface area contributed by atoms with Gasteiger partial charge in [-0.2, -0.15) is 0 Å². The molecular weight excluding hydrogens is 202 g/mol. The molecule has 0 atom stereocenters. The number of aromatic nitrogens is 3. The van der Waals surface area contributed by atoms with Crippen molar-refractivity contribution in [3.05, 3.63) is 23.9 Å². The second kappa shape index (κ2) is 3.84. The van der Waals surface area contributed by atoms with Gasteiger partial charge in [-0.3, -0.25) is 0 Å². The van der Waals surface area contributed by atoms with Crippen LogP contribution in [0, 0.1) is 6.92 Å². The lowest BCUT2D eigenvalue weighted by Crippen LogP contribution is -2.01. The molecule has 0 bridgehead atoms. The van der Waals surface area contributed by atoms with Crippen molar-refractivity contribution >= 4 is 11.4 Å². The lowest BCUT2D eigenvalue weighted by molar-refractivity contribution is 0.632. The van der Waals surface area contributed by atoms with E-state index in [1.165, 1.54) is 0 Å². The van der Waals surface area contributed by atoms with Crippen molar-refractivity contribution in [3.8, 4) is 11.3 Å². The molecule has 1 heterocycles. The molecule has 0 saturated heterocycles. The van der Waals surface area contributed by atoms with Gasteiger partial charge in [0.15, 0.2) is 0 Å². The monoisotopic (exact) mass is 217 g/mol. The number of aryl methyl sites for hydroxylation is 2. The highest BCUT2D eigenvalue weighted by atomic mass is 15.4. The summed E-state index contributed by atoms with van der Waals surface area (Å²) in [4.78, 5) is 0. The zero-order valence-corrected chi connectivity index (χ0v) is 9.44. The molecule has 0 aliphatic rings. The van der Waals surface area contributed by atoms with E-state index in [2.05, 4.69) is 10.3 Å². The highest BCUT2D eigenvalue weighted by Gasteiger charge is 2.11. The van der Waals surface area contributed by atoms with E-state index in [4.69, 9.17) is 11.5 Å². The summed E-state index contributed by atoms with van der Waals surface area (Å²) in [5.41, 5.74) is 15.5. The van der Waals surface area contributed by atoms with Crippen LogP contribution >= 0.6 is 0 Å². The molecule has 1 aromatic carbocycles. The molecular formula is C11H15N5. The van der Waals surface area contributed by atoms with Crippen LogP contribution in [-0.4, -0.2) is 15.0 Å². The van der Waals surface area contributed by atoms with Gasteiger partial charge in [-0.1, -0.05) is 11.3 Å². The number of nitrogens with zero attached hydrogens (tertiary/aromatic N) is 3. The smallest absolute Gasteiger partial charge is 0.0915 e. The Balaban J connectivity index is 2.57. The SMILES string of the molecule is CCn1nnc(C)c1-c1ccc(N)c(N)c1. The van der Waals surface area contributed by atoms with Crippen LogP contribution in [0.1, 0.15) is 12.6 Å². The summed E-state index contributed by atoms with van der Waals surface area (Å²) in [6.45, 7) is 4.74. The van der Waals surface area contributed by atoms with E-state index in [0.717, 1.165) is 23.5 Å². The van der Waals surface area contributed by atoms with E-state index in [1.54, 1.807) is 6.07 Å². The van der Waals surface area contributed by atoms with E-state index >= 15 is 0 Å². The minimum absolute atomic E-state index is 0.584. The van der Waals surface area contributed by atoms with Crippen molar-refractivity contribution in [3.63, 3.8) is 0 Å². The van der Waals surface area contributed by atoms with Crippen LogP contribution in [0.5, 0.6) is 0 Å². The summed E-state index contributed by atoms with van der Waals surface area (Å²) in [5, 5.41) is 8.11. The Morgan fingerprint density at radius 1 is 1.25 bits per heavy atom. The first kappa shape index (κ1) is 10.5. The van der Waals surface area contributed by atoms with E-state index in [9.17, 15) is 0 Å². The first-order chi connectivity index (χ1) is 7.63. The van der Waals surface area contributed by atoms with Gasteiger partial charge in [-0.15, -0.1) is 5.10 Å². The van der Waals surface area contributed by atoms with Gasteiger partial charge in [0.2, 0.25) is 0 Å². The molecule has 0 aliphatic carbocycles. The Kier molecular flexibility index (Phi) is 2.52. The number of hydrogen-bond donors (Lipinski definition) is 2. The third-order valence-electron chi connectivity index (χ3n) is 2.56. The minimum atomic E-state index is 0.584. The maximum absolute atomic E-state index is 5.79. The molecule has 0 aliphatic heterocycles. The molecule has 4 N–H and O–H groups in total. The third-order valence-corrected chi connectivity index (χ3v) is 2.56. The number of anilines is 2. The normalized spacial score (nSPS) is 10.6. The fourth-order valence-electron chi connectivity index (χ4n) is 1.70. The van der Waals surface area contributed by atoms with Gasteiger partial charge in [-0.25, -0.2) is 4.68 Å². The lowest BCUT2D eigenvalue weighted by atomic mass is 10.1. The van der Waals surface area contributed by atoms with Crippen molar-refractivity contribution < 1.29 is 0 Å². The van der Waals surface area contributed by atoms with Gasteiger partial charge in [0, 0.05) is 12.1 Å². The predicted molar refractivity (Wildman–Crippen MR) is 64.7 cm³/mol. The molecule has 16 heavy (non-hydrogen) atoms. The summed E-state index contributed by atoms with van der Waals surface area (Å²) in [7, 11) is 0. The first-order valence-corrected chi connectivity index (χ1v) is 5.19. The fraction of sp³-hybridized carbons (Fsp3) is 0.273. The summed E-state index contributed by atoms with van der Waals surface area (Å²) in [6.07, 6.45) is 0. The second-order valence-electron chi connectivity index (χ2n) is 3.68. The van der Waals surface area contributed by atoms with Gasteiger partial charge in [0.25, 0.3) is 0 Å². The molecule has 2 aromatic rings. The summed E-state index contributed by atoms with van der Waals surface area (Å²) >= 11 is 0. The van der Waals surface area contributed by atoms with Gasteiger partial charge >= 0.3 is 0 Å². The summed E-state index contributed by atoms with van der Waals surface area (Å²) in [6, 6.07) is 5.59. The van der Waals surface area contributed by atoms with Gasteiger partial charge in [0.1, 0.15) is 0 Å². The average Bonchev–Trinajstić information content (AvgIpc) is 2.64. The van der Waals surface area contributed by atoms with E-state index in [0.29, 0.717) is 11.4 Å². The maximum Gasteiger partial charge on any atom is 0.0915 e. The fourth-order valence-corrected chi connectivity index (χ4v) is 1.70. The number of nitrogens with two attached hydrogens (primary N) is 2. The van der Waals surface area contributed by atoms with Gasteiger partial charge < -0.3 is 11.5 Å². The van der Waals surface area contributed by atoms with Crippen LogP contribution in [0.2, 0.25) is 0 Å². The van der Waals surface area contributed by atoms with Crippen LogP contribution in [0.15, 0.2) is 18.2 Å². The highest BCUT2D eigenvalue weighted by molar-refractivity contribution is 5.73. The van der Waals surface area contributed by atoms with Crippen LogP contribution in [0.25, 0.3) is 11.3 Å². The maximum atomic E-state index is 5.79. The summed E-state index contributed by atoms with van der Waals surface area (Å²) in [5.74, 6) is 0. The standard InChI is InChI=1S/C11H15N5/c1-3-16-11(7(2)14-15-16)8-4-5-9(12)10(13)6-8/h4-6H,3,12-13H2,1-2H3. The average molecular weight is 217 g/mol. The zero-order valence-electron chi connectivity index (χ0n) is 9.44. The molecule has 84 valence electrons. The van der Waals surface area contributed by atoms with Crippen LogP contribution < -0.4 is 11.5 Å². The minimum Gasteiger partial charge on any atom is -0.397 e. The lowest BCUT2D eigenvalue weighted by Gasteiger charge is -2.07. The third kappa shape index (κ3) is 1.60. The van der Waals surface area contributed by atoms with Crippen molar-refractivity contribution in [1.29, 1.82) is 0 Å². The molecule has 1 aromatic heterocycles. The van der Waals surface area contributed by atoms with Crippen LogP contribution in [0.3, 0.4) is 0 Å². The number of hydrogen-bond acceptors (Lipinski definition) is 4. The molecule has 5 nitrogen and oxygen atoms in total. The Labute approximate surface area is 94.1 Å². The summed E-state index contributed by atoms with van der Waals surface area (Å²) < 4.78 is 1.85. The molecule has 5 heteroatoms. The van der Waals surface area contributed by atoms with Crippen molar-refractivity contribution in [2.24, 2.45) is 0 Å². The van der Waals surface area contributed by atoms with Crippen molar-refractivity contribution in [2.45, 2.75) is 20.4 Å². The van der Waals surface area contributed by atoms with E-state index < -0.39 is 0 Å². The predicted octanol–water partition coefficient (Wildman–Crippen LogP) is 1.44. The molecule has 0 unspecified atom stereocenters. The highest BCUT2D eigenvalue weighted by Crippen LogP contribution is 2.26. The Hall–Kier alpha value is -2.04.